The molecule has 4 aromatic rings. The van der Waals surface area contributed by atoms with E-state index in [2.05, 4.69) is 15.2 Å². The molecule has 11 nitrogen and oxygen atoms in total. The number of rotatable bonds is 6. The van der Waals surface area contributed by atoms with Crippen LogP contribution >= 0.6 is 0 Å². The van der Waals surface area contributed by atoms with E-state index in [9.17, 15) is 13.8 Å². The summed E-state index contributed by atoms with van der Waals surface area (Å²) in [5.74, 6) is 0.505. The molecule has 12 heteroatoms. The summed E-state index contributed by atoms with van der Waals surface area (Å²) in [4.78, 5) is 44.6. The predicted molar refractivity (Wildman–Crippen MR) is 177 cm³/mol. The highest BCUT2D eigenvalue weighted by Gasteiger charge is 2.54. The van der Waals surface area contributed by atoms with Crippen molar-refractivity contribution in [3.63, 3.8) is 0 Å². The number of nitrogens with one attached hydrogen (secondary N) is 2. The fraction of sp³-hybridized carbons (Fsp3) is 0.382. The maximum Gasteiger partial charge on any atom is 0.410 e. The molecule has 2 N–H and O–H groups in total. The number of hydrogen-bond donors (Lipinski definition) is 2. The van der Waals surface area contributed by atoms with Crippen LogP contribution in [0.15, 0.2) is 65.7 Å². The average molecular weight is 642 g/mol. The maximum absolute atomic E-state index is 12.9. The van der Waals surface area contributed by atoms with Gasteiger partial charge in [-0.25, -0.2) is 23.8 Å². The third-order valence-electron chi connectivity index (χ3n) is 8.34. The van der Waals surface area contributed by atoms with Crippen molar-refractivity contribution in [3.05, 3.63) is 77.6 Å². The minimum absolute atomic E-state index is 0.178. The zero-order valence-corrected chi connectivity index (χ0v) is 27.6. The molecule has 0 bridgehead atoms. The Morgan fingerprint density at radius 2 is 1.80 bits per heavy atom. The number of benzene rings is 1. The van der Waals surface area contributed by atoms with Crippen molar-refractivity contribution in [1.82, 2.24) is 25.2 Å². The van der Waals surface area contributed by atoms with E-state index in [0.29, 0.717) is 41.4 Å². The molecule has 2 fully saturated rings. The van der Waals surface area contributed by atoms with Gasteiger partial charge < -0.3 is 15.0 Å². The van der Waals surface area contributed by atoms with E-state index in [4.69, 9.17) is 19.5 Å². The van der Waals surface area contributed by atoms with Crippen molar-refractivity contribution >= 4 is 38.5 Å². The Bertz CT molecular complexity index is 1950. The lowest BCUT2D eigenvalue weighted by atomic mass is 10.1. The van der Waals surface area contributed by atoms with Crippen molar-refractivity contribution in [2.24, 2.45) is 0 Å². The summed E-state index contributed by atoms with van der Waals surface area (Å²) in [5.41, 5.74) is 3.13. The highest BCUT2D eigenvalue weighted by atomic mass is 32.2. The standard InChI is InChI=1S/C34H39N7O4S/c1-22-9-10-23(17-29(22)46(5,35)44)31(42)37-20-25-18-28-24(19-36-25)11-12-27(38-28)26-7-6-8-30(39-26)40-15-16-41(34(21-40)13-14-34)32(43)45-33(2,3)4/h6-12,17-19,35H,13-16,20-21H2,1-5H3,(H,37,42). The number of aryl methyl sites for hydroxylation is 1. The van der Waals surface area contributed by atoms with Crippen LogP contribution in [0.25, 0.3) is 22.3 Å². The van der Waals surface area contributed by atoms with Crippen LogP contribution in [0.1, 0.15) is 55.2 Å². The van der Waals surface area contributed by atoms with Gasteiger partial charge in [0.05, 0.1) is 49.3 Å². The van der Waals surface area contributed by atoms with Gasteiger partial charge in [0.1, 0.15) is 11.4 Å². The monoisotopic (exact) mass is 641 g/mol. The van der Waals surface area contributed by atoms with E-state index >= 15 is 0 Å². The summed E-state index contributed by atoms with van der Waals surface area (Å²) >= 11 is 0. The molecular formula is C34H39N7O4S. The Morgan fingerprint density at radius 3 is 2.52 bits per heavy atom. The summed E-state index contributed by atoms with van der Waals surface area (Å²) in [6.07, 6.45) is 4.72. The summed E-state index contributed by atoms with van der Waals surface area (Å²) in [5, 5.41) is 3.73. The van der Waals surface area contributed by atoms with Crippen LogP contribution in [0.4, 0.5) is 10.6 Å². The first-order valence-electron chi connectivity index (χ1n) is 15.3. The van der Waals surface area contributed by atoms with Crippen LogP contribution in [0.2, 0.25) is 0 Å². The fourth-order valence-electron chi connectivity index (χ4n) is 5.82. The maximum atomic E-state index is 12.9. The first kappa shape index (κ1) is 31.4. The quantitative estimate of drug-likeness (QED) is 0.279. The molecular weight excluding hydrogens is 602 g/mol. The normalized spacial score (nSPS) is 17.1. The molecule has 3 aromatic heterocycles. The molecule has 1 spiro atoms. The number of nitrogens with zero attached hydrogens (tertiary/aromatic N) is 5. The molecule has 6 rings (SSSR count). The van der Waals surface area contributed by atoms with Crippen LogP contribution in [0.3, 0.4) is 0 Å². The van der Waals surface area contributed by atoms with E-state index in [-0.39, 0.29) is 24.1 Å². The van der Waals surface area contributed by atoms with Gasteiger partial charge in [0.15, 0.2) is 0 Å². The van der Waals surface area contributed by atoms with Crippen LogP contribution in [-0.4, -0.2) is 73.1 Å². The summed E-state index contributed by atoms with van der Waals surface area (Å²) in [6, 6.07) is 16.5. The van der Waals surface area contributed by atoms with E-state index in [1.54, 1.807) is 25.3 Å². The van der Waals surface area contributed by atoms with Crippen molar-refractivity contribution in [1.29, 1.82) is 4.78 Å². The SMILES string of the molecule is Cc1ccc(C(=O)NCc2cc3nc(-c4cccc(N5CCN(C(=O)OC(C)(C)C)C6(CC6)C5)n4)ccc3cn2)cc1S(C)(=N)=O. The number of pyridine rings is 3. The van der Waals surface area contributed by atoms with Gasteiger partial charge in [-0.15, -0.1) is 0 Å². The molecule has 1 aromatic carbocycles. The number of aromatic nitrogens is 3. The lowest BCUT2D eigenvalue weighted by Gasteiger charge is -2.42. The molecule has 1 atom stereocenters. The Labute approximate surface area is 269 Å². The second kappa shape index (κ2) is 11.7. The van der Waals surface area contributed by atoms with Gasteiger partial charge in [-0.2, -0.15) is 0 Å². The predicted octanol–water partition coefficient (Wildman–Crippen LogP) is 5.56. The first-order chi connectivity index (χ1) is 21.7. The molecule has 1 aliphatic heterocycles. The third kappa shape index (κ3) is 6.67. The molecule has 46 heavy (non-hydrogen) atoms. The van der Waals surface area contributed by atoms with Crippen molar-refractivity contribution < 1.29 is 18.5 Å². The molecule has 0 radical (unpaired) electrons. The van der Waals surface area contributed by atoms with Crippen molar-refractivity contribution in [2.75, 3.05) is 30.8 Å². The number of fused-ring (bicyclic) bond motifs is 1. The summed E-state index contributed by atoms with van der Waals surface area (Å²) in [6.45, 7) is 9.57. The molecule has 1 saturated carbocycles. The van der Waals surface area contributed by atoms with Gasteiger partial charge in [0.2, 0.25) is 0 Å². The van der Waals surface area contributed by atoms with Gasteiger partial charge in [-0.3, -0.25) is 14.7 Å². The lowest BCUT2D eigenvalue weighted by molar-refractivity contribution is 0.0106. The van der Waals surface area contributed by atoms with Crippen LogP contribution in [0.5, 0.6) is 0 Å². The number of amides is 2. The van der Waals surface area contributed by atoms with E-state index in [1.165, 1.54) is 12.3 Å². The Kier molecular flexibility index (Phi) is 7.95. The topological polar surface area (TPSA) is 141 Å². The largest absolute Gasteiger partial charge is 0.444 e. The van der Waals surface area contributed by atoms with Crippen LogP contribution in [0, 0.1) is 11.7 Å². The molecule has 240 valence electrons. The molecule has 1 unspecified atom stereocenters. The zero-order chi connectivity index (χ0) is 32.9. The number of hydrogen-bond acceptors (Lipinski definition) is 9. The zero-order valence-electron chi connectivity index (χ0n) is 26.8. The van der Waals surface area contributed by atoms with Gasteiger partial charge >= 0.3 is 6.09 Å². The van der Waals surface area contributed by atoms with Gasteiger partial charge in [0.25, 0.3) is 5.91 Å². The Balaban J connectivity index is 1.16. The summed E-state index contributed by atoms with van der Waals surface area (Å²) < 4.78 is 25.9. The van der Waals surface area contributed by atoms with Crippen molar-refractivity contribution in [3.8, 4) is 11.4 Å². The van der Waals surface area contributed by atoms with Crippen LogP contribution < -0.4 is 10.2 Å². The first-order valence-corrected chi connectivity index (χ1v) is 17.3. The van der Waals surface area contributed by atoms with E-state index < -0.39 is 15.3 Å². The number of anilines is 1. The van der Waals surface area contributed by atoms with Crippen LogP contribution in [-0.2, 0) is 21.0 Å². The van der Waals surface area contributed by atoms with Crippen molar-refractivity contribution in [2.45, 2.75) is 63.1 Å². The Hall–Kier alpha value is -4.58. The number of piperazine rings is 1. The minimum atomic E-state index is -2.96. The smallest absolute Gasteiger partial charge is 0.410 e. The highest BCUT2D eigenvalue weighted by molar-refractivity contribution is 7.91. The molecule has 2 aliphatic rings. The molecule has 1 saturated heterocycles. The molecule has 1 aliphatic carbocycles. The molecule has 4 heterocycles. The van der Waals surface area contributed by atoms with Gasteiger partial charge in [-0.1, -0.05) is 12.1 Å². The van der Waals surface area contributed by atoms with E-state index in [1.807, 2.05) is 62.1 Å². The summed E-state index contributed by atoms with van der Waals surface area (Å²) in [7, 11) is -2.96. The van der Waals surface area contributed by atoms with Gasteiger partial charge in [0, 0.05) is 43.0 Å². The number of carbonyl (C=O) groups excluding carboxylic acids is 2. The highest BCUT2D eigenvalue weighted by Crippen LogP contribution is 2.45. The third-order valence-corrected chi connectivity index (χ3v) is 9.62. The number of carbonyl (C=O) groups is 2. The number of ether oxygens (including phenoxy) is 1. The average Bonchev–Trinajstić information content (AvgIpc) is 3.77. The fourth-order valence-corrected chi connectivity index (χ4v) is 6.85. The second-order valence-electron chi connectivity index (χ2n) is 13.2. The Morgan fingerprint density at radius 1 is 1.04 bits per heavy atom. The van der Waals surface area contributed by atoms with E-state index in [0.717, 1.165) is 41.0 Å². The lowest BCUT2D eigenvalue weighted by Crippen LogP contribution is -2.58. The second-order valence-corrected chi connectivity index (χ2v) is 15.4. The van der Waals surface area contributed by atoms with Gasteiger partial charge in [-0.05, 0) is 88.6 Å². The molecule has 2 amide bonds. The minimum Gasteiger partial charge on any atom is -0.444 e.